The third-order valence-electron chi connectivity index (χ3n) is 3.50. The van der Waals surface area contributed by atoms with Gasteiger partial charge in [-0.15, -0.1) is 0 Å². The largest absolute Gasteiger partial charge is 0.468 e. The summed E-state index contributed by atoms with van der Waals surface area (Å²) in [6, 6.07) is 0. The van der Waals surface area contributed by atoms with Crippen LogP contribution in [0, 0.1) is 11.8 Å². The first-order chi connectivity index (χ1) is 8.63. The van der Waals surface area contributed by atoms with E-state index in [0.717, 1.165) is 0 Å². The number of nitrogens with zero attached hydrogens (tertiary/aromatic N) is 1. The highest BCUT2D eigenvalue weighted by Crippen LogP contribution is 2.20. The molecule has 1 amide bonds. The van der Waals surface area contributed by atoms with Gasteiger partial charge in [-0.3, -0.25) is 14.4 Å². The lowest BCUT2D eigenvalue weighted by Crippen LogP contribution is -2.49. The Morgan fingerprint density at radius 2 is 2.22 bits per heavy atom. The molecule has 0 radical (unpaired) electrons. The summed E-state index contributed by atoms with van der Waals surface area (Å²) < 4.78 is 9.77. The lowest BCUT2D eigenvalue weighted by Gasteiger charge is -2.31. The van der Waals surface area contributed by atoms with Gasteiger partial charge in [-0.1, -0.05) is 0 Å². The summed E-state index contributed by atoms with van der Waals surface area (Å²) in [5.41, 5.74) is 0. The van der Waals surface area contributed by atoms with Crippen molar-refractivity contribution in [2.75, 3.05) is 33.4 Å². The number of Topliss-reactive ketones (excluding diaryl/α,β-unsaturated/α-hetero) is 1. The van der Waals surface area contributed by atoms with Crippen LogP contribution < -0.4 is 0 Å². The second kappa shape index (κ2) is 5.48. The molecule has 2 saturated heterocycles. The Morgan fingerprint density at radius 3 is 2.83 bits per heavy atom. The molecule has 18 heavy (non-hydrogen) atoms. The molecule has 2 heterocycles. The third-order valence-corrected chi connectivity index (χ3v) is 3.50. The predicted octanol–water partition coefficient (Wildman–Crippen LogP) is -0.387. The van der Waals surface area contributed by atoms with E-state index in [1.165, 1.54) is 7.11 Å². The smallest absolute Gasteiger partial charge is 0.318 e. The number of rotatable bonds is 2. The maximum absolute atomic E-state index is 12.1. The molecule has 2 rings (SSSR count). The number of likely N-dealkylation sites (tertiary alicyclic amines) is 1. The van der Waals surface area contributed by atoms with Crippen molar-refractivity contribution < 1.29 is 23.9 Å². The van der Waals surface area contributed by atoms with Crippen molar-refractivity contribution in [3.63, 3.8) is 0 Å². The fourth-order valence-electron chi connectivity index (χ4n) is 2.37. The number of hydrogen-bond acceptors (Lipinski definition) is 5. The summed E-state index contributed by atoms with van der Waals surface area (Å²) in [5, 5.41) is 0. The number of carbonyl (C=O) groups excluding carboxylic acids is 3. The number of methoxy groups -OCH3 is 1. The van der Waals surface area contributed by atoms with E-state index in [-0.39, 0.29) is 30.6 Å². The Bertz CT molecular complexity index is 353. The number of esters is 1. The van der Waals surface area contributed by atoms with E-state index in [2.05, 4.69) is 4.74 Å². The van der Waals surface area contributed by atoms with E-state index >= 15 is 0 Å². The quantitative estimate of drug-likeness (QED) is 0.496. The molecule has 0 N–H and O–H groups in total. The van der Waals surface area contributed by atoms with Crippen LogP contribution in [0.15, 0.2) is 0 Å². The molecule has 0 aromatic rings. The molecule has 0 aromatic carbocycles. The van der Waals surface area contributed by atoms with Crippen LogP contribution in [-0.4, -0.2) is 56.0 Å². The van der Waals surface area contributed by atoms with Crippen molar-refractivity contribution >= 4 is 17.7 Å². The SMILES string of the molecule is COC(=O)C1CN(C(=O)C2CCOC2)CCC1=O. The van der Waals surface area contributed by atoms with Gasteiger partial charge in [-0.25, -0.2) is 0 Å². The first-order valence-corrected chi connectivity index (χ1v) is 6.10. The Kier molecular flexibility index (Phi) is 3.96. The molecule has 2 atom stereocenters. The summed E-state index contributed by atoms with van der Waals surface area (Å²) in [4.78, 5) is 36.8. The first-order valence-electron chi connectivity index (χ1n) is 6.10. The fourth-order valence-corrected chi connectivity index (χ4v) is 2.37. The molecule has 100 valence electrons. The summed E-state index contributed by atoms with van der Waals surface area (Å²) in [6.07, 6.45) is 0.936. The molecule has 2 aliphatic rings. The molecule has 6 heteroatoms. The minimum absolute atomic E-state index is 0.0195. The van der Waals surface area contributed by atoms with Crippen molar-refractivity contribution in [2.45, 2.75) is 12.8 Å². The molecule has 6 nitrogen and oxygen atoms in total. The number of piperidine rings is 1. The van der Waals surface area contributed by atoms with Crippen molar-refractivity contribution in [1.29, 1.82) is 0 Å². The van der Waals surface area contributed by atoms with E-state index in [1.807, 2.05) is 0 Å². The zero-order valence-corrected chi connectivity index (χ0v) is 10.4. The second-order valence-corrected chi connectivity index (χ2v) is 4.64. The molecule has 2 aliphatic heterocycles. The van der Waals surface area contributed by atoms with E-state index in [9.17, 15) is 14.4 Å². The summed E-state index contributed by atoms with van der Waals surface area (Å²) in [6.45, 7) is 1.57. The van der Waals surface area contributed by atoms with E-state index < -0.39 is 11.9 Å². The Balaban J connectivity index is 2.00. The van der Waals surface area contributed by atoms with Crippen LogP contribution in [0.2, 0.25) is 0 Å². The highest BCUT2D eigenvalue weighted by molar-refractivity contribution is 6.00. The predicted molar refractivity (Wildman–Crippen MR) is 60.6 cm³/mol. The lowest BCUT2D eigenvalue weighted by atomic mass is 9.95. The Hall–Kier alpha value is -1.43. The van der Waals surface area contributed by atoms with Gasteiger partial charge in [0.05, 0.1) is 19.6 Å². The van der Waals surface area contributed by atoms with Crippen molar-refractivity contribution in [1.82, 2.24) is 4.90 Å². The number of carbonyl (C=O) groups is 3. The van der Waals surface area contributed by atoms with E-state index in [4.69, 9.17) is 4.74 Å². The molecule has 0 saturated carbocycles. The number of hydrogen-bond donors (Lipinski definition) is 0. The lowest BCUT2D eigenvalue weighted by molar-refractivity contribution is -0.154. The summed E-state index contributed by atoms with van der Waals surface area (Å²) >= 11 is 0. The van der Waals surface area contributed by atoms with Crippen molar-refractivity contribution in [2.24, 2.45) is 11.8 Å². The van der Waals surface area contributed by atoms with Gasteiger partial charge in [0.2, 0.25) is 5.91 Å². The highest BCUT2D eigenvalue weighted by Gasteiger charge is 2.37. The first kappa shape index (κ1) is 13.0. The van der Waals surface area contributed by atoms with Crippen LogP contribution in [0.5, 0.6) is 0 Å². The average molecular weight is 255 g/mol. The Labute approximate surface area is 105 Å². The summed E-state index contributed by atoms with van der Waals surface area (Å²) in [5.74, 6) is -1.67. The molecular weight excluding hydrogens is 238 g/mol. The van der Waals surface area contributed by atoms with Gasteiger partial charge < -0.3 is 14.4 Å². The second-order valence-electron chi connectivity index (χ2n) is 4.64. The highest BCUT2D eigenvalue weighted by atomic mass is 16.5. The molecule has 2 unspecified atom stereocenters. The fraction of sp³-hybridized carbons (Fsp3) is 0.750. The van der Waals surface area contributed by atoms with Crippen LogP contribution in [-0.2, 0) is 23.9 Å². The standard InChI is InChI=1S/C12H17NO5/c1-17-12(16)9-6-13(4-2-10(9)14)11(15)8-3-5-18-7-8/h8-9H,2-7H2,1H3. The van der Waals surface area contributed by atoms with Crippen LogP contribution in [0.4, 0.5) is 0 Å². The normalized spacial score (nSPS) is 28.3. The van der Waals surface area contributed by atoms with E-state index in [1.54, 1.807) is 4.90 Å². The number of ketones is 1. The maximum atomic E-state index is 12.1. The van der Waals surface area contributed by atoms with Crippen LogP contribution in [0.25, 0.3) is 0 Å². The molecule has 0 aliphatic carbocycles. The van der Waals surface area contributed by atoms with Gasteiger partial charge >= 0.3 is 5.97 Å². The van der Waals surface area contributed by atoms with Crippen molar-refractivity contribution in [3.8, 4) is 0 Å². The molecule has 0 spiro atoms. The third kappa shape index (κ3) is 2.53. The van der Waals surface area contributed by atoms with Gasteiger partial charge in [-0.2, -0.15) is 0 Å². The zero-order chi connectivity index (χ0) is 13.1. The van der Waals surface area contributed by atoms with Gasteiger partial charge in [-0.05, 0) is 6.42 Å². The molecule has 0 aromatic heterocycles. The zero-order valence-electron chi connectivity index (χ0n) is 10.4. The number of ether oxygens (including phenoxy) is 2. The van der Waals surface area contributed by atoms with Gasteiger partial charge in [0.15, 0.2) is 5.78 Å². The van der Waals surface area contributed by atoms with Crippen molar-refractivity contribution in [3.05, 3.63) is 0 Å². The van der Waals surface area contributed by atoms with E-state index in [0.29, 0.717) is 26.2 Å². The molecular formula is C12H17NO5. The van der Waals surface area contributed by atoms with Crippen LogP contribution >= 0.6 is 0 Å². The van der Waals surface area contributed by atoms with Gasteiger partial charge in [0, 0.05) is 26.1 Å². The topological polar surface area (TPSA) is 72.9 Å². The van der Waals surface area contributed by atoms with Gasteiger partial charge in [0.25, 0.3) is 0 Å². The molecule has 2 fully saturated rings. The minimum atomic E-state index is -0.824. The van der Waals surface area contributed by atoms with Crippen LogP contribution in [0.1, 0.15) is 12.8 Å². The monoisotopic (exact) mass is 255 g/mol. The average Bonchev–Trinajstić information content (AvgIpc) is 2.91. The Morgan fingerprint density at radius 1 is 1.44 bits per heavy atom. The van der Waals surface area contributed by atoms with Gasteiger partial charge in [0.1, 0.15) is 5.92 Å². The summed E-state index contributed by atoms with van der Waals surface area (Å²) in [7, 11) is 1.25. The molecule has 0 bridgehead atoms. The number of amides is 1. The minimum Gasteiger partial charge on any atom is -0.468 e. The van der Waals surface area contributed by atoms with Crippen LogP contribution in [0.3, 0.4) is 0 Å². The maximum Gasteiger partial charge on any atom is 0.318 e.